The molecule has 1 heterocycles. The lowest BCUT2D eigenvalue weighted by Crippen LogP contribution is -2.38. The van der Waals surface area contributed by atoms with Crippen molar-refractivity contribution >= 4 is 33.2 Å². The van der Waals surface area contributed by atoms with E-state index >= 15 is 0 Å². The summed E-state index contributed by atoms with van der Waals surface area (Å²) in [6.45, 7) is 4.12. The van der Waals surface area contributed by atoms with Crippen LogP contribution in [0.15, 0.2) is 24.3 Å². The zero-order chi connectivity index (χ0) is 17.7. The van der Waals surface area contributed by atoms with Crippen LogP contribution in [0.1, 0.15) is 32.6 Å². The molecule has 134 valence electrons. The minimum absolute atomic E-state index is 0.117. The van der Waals surface area contributed by atoms with E-state index in [2.05, 4.69) is 6.92 Å². The standard InChI is InChI=1S/C17H25ClN2O3S/c1-14-9-12-19(13-10-14)17(21)4-3-11-20(24(2,22)23)16-7-5-15(18)6-8-16/h5-8,14H,3-4,9-13H2,1-2H3. The van der Waals surface area contributed by atoms with Crippen LogP contribution in [0.2, 0.25) is 5.02 Å². The number of rotatable bonds is 6. The van der Waals surface area contributed by atoms with Gasteiger partial charge in [-0.1, -0.05) is 18.5 Å². The van der Waals surface area contributed by atoms with Gasteiger partial charge in [0.2, 0.25) is 15.9 Å². The number of hydrogen-bond donors (Lipinski definition) is 0. The molecule has 1 aromatic rings. The van der Waals surface area contributed by atoms with Gasteiger partial charge in [0.15, 0.2) is 0 Å². The molecule has 0 radical (unpaired) electrons. The van der Waals surface area contributed by atoms with Crippen molar-refractivity contribution in [1.82, 2.24) is 4.90 Å². The summed E-state index contributed by atoms with van der Waals surface area (Å²) in [5.74, 6) is 0.797. The molecule has 0 aromatic heterocycles. The lowest BCUT2D eigenvalue weighted by Gasteiger charge is -2.30. The van der Waals surface area contributed by atoms with Gasteiger partial charge in [-0.05, 0) is 49.4 Å². The lowest BCUT2D eigenvalue weighted by atomic mass is 9.99. The maximum Gasteiger partial charge on any atom is 0.232 e. The van der Waals surface area contributed by atoms with Crippen LogP contribution in [0, 0.1) is 5.92 Å². The second-order valence-corrected chi connectivity index (χ2v) is 8.82. The SMILES string of the molecule is CC1CCN(C(=O)CCCN(c2ccc(Cl)cc2)S(C)(=O)=O)CC1. The van der Waals surface area contributed by atoms with E-state index in [1.165, 1.54) is 10.6 Å². The summed E-state index contributed by atoms with van der Waals surface area (Å²) in [4.78, 5) is 14.2. The number of sulfonamides is 1. The van der Waals surface area contributed by atoms with Crippen molar-refractivity contribution in [2.24, 2.45) is 5.92 Å². The molecule has 1 aliphatic rings. The first-order valence-corrected chi connectivity index (χ1v) is 10.5. The van der Waals surface area contributed by atoms with Gasteiger partial charge in [-0.25, -0.2) is 8.42 Å². The van der Waals surface area contributed by atoms with Gasteiger partial charge in [0.25, 0.3) is 0 Å². The Labute approximate surface area is 149 Å². The summed E-state index contributed by atoms with van der Waals surface area (Å²) < 4.78 is 25.4. The molecule has 5 nitrogen and oxygen atoms in total. The van der Waals surface area contributed by atoms with Crippen molar-refractivity contribution < 1.29 is 13.2 Å². The maximum atomic E-state index is 12.3. The Morgan fingerprint density at radius 3 is 2.38 bits per heavy atom. The fourth-order valence-corrected chi connectivity index (χ4v) is 3.98. The topological polar surface area (TPSA) is 57.7 Å². The Morgan fingerprint density at radius 2 is 1.83 bits per heavy atom. The lowest BCUT2D eigenvalue weighted by molar-refractivity contribution is -0.132. The van der Waals surface area contributed by atoms with Crippen molar-refractivity contribution in [1.29, 1.82) is 0 Å². The molecule has 24 heavy (non-hydrogen) atoms. The maximum absolute atomic E-state index is 12.3. The largest absolute Gasteiger partial charge is 0.343 e. The number of anilines is 1. The van der Waals surface area contributed by atoms with E-state index in [0.29, 0.717) is 29.5 Å². The first-order chi connectivity index (χ1) is 11.3. The zero-order valence-corrected chi connectivity index (χ0v) is 15.8. The quantitative estimate of drug-likeness (QED) is 0.770. The summed E-state index contributed by atoms with van der Waals surface area (Å²) in [6, 6.07) is 6.68. The van der Waals surface area contributed by atoms with Crippen LogP contribution in [-0.4, -0.2) is 45.1 Å². The number of carbonyl (C=O) groups is 1. The molecule has 1 aromatic carbocycles. The second-order valence-electron chi connectivity index (χ2n) is 6.48. The molecule has 1 fully saturated rings. The Kier molecular flexibility index (Phi) is 6.52. The van der Waals surface area contributed by atoms with Gasteiger partial charge in [-0.15, -0.1) is 0 Å². The molecule has 1 aliphatic heterocycles. The number of piperidine rings is 1. The average molecular weight is 373 g/mol. The third kappa shape index (κ3) is 5.38. The van der Waals surface area contributed by atoms with Crippen LogP contribution in [0.3, 0.4) is 0 Å². The predicted molar refractivity (Wildman–Crippen MR) is 97.9 cm³/mol. The number of nitrogens with zero attached hydrogens (tertiary/aromatic N) is 2. The molecule has 0 spiro atoms. The summed E-state index contributed by atoms with van der Waals surface area (Å²) in [6.07, 6.45) is 4.14. The number of carbonyl (C=O) groups excluding carboxylic acids is 1. The highest BCUT2D eigenvalue weighted by Crippen LogP contribution is 2.21. The van der Waals surface area contributed by atoms with Gasteiger partial charge in [0.1, 0.15) is 0 Å². The predicted octanol–water partition coefficient (Wildman–Crippen LogP) is 3.14. The Balaban J connectivity index is 1.91. The minimum Gasteiger partial charge on any atom is -0.343 e. The smallest absolute Gasteiger partial charge is 0.232 e. The molecule has 2 rings (SSSR count). The number of likely N-dealkylation sites (tertiary alicyclic amines) is 1. The van der Waals surface area contributed by atoms with E-state index in [9.17, 15) is 13.2 Å². The van der Waals surface area contributed by atoms with E-state index in [0.717, 1.165) is 25.9 Å². The molecule has 0 aliphatic carbocycles. The highest BCUT2D eigenvalue weighted by molar-refractivity contribution is 7.92. The third-order valence-electron chi connectivity index (χ3n) is 4.40. The normalized spacial score (nSPS) is 16.2. The van der Waals surface area contributed by atoms with Crippen molar-refractivity contribution in [2.45, 2.75) is 32.6 Å². The fraction of sp³-hybridized carbons (Fsp3) is 0.588. The van der Waals surface area contributed by atoms with Crippen LogP contribution in [0.5, 0.6) is 0 Å². The Hall–Kier alpha value is -1.27. The molecule has 0 atom stereocenters. The summed E-state index contributed by atoms with van der Waals surface area (Å²) in [5.41, 5.74) is 0.571. The Bertz CT molecular complexity index is 653. The summed E-state index contributed by atoms with van der Waals surface area (Å²) in [5, 5.41) is 0.557. The van der Waals surface area contributed by atoms with Gasteiger partial charge in [0.05, 0.1) is 11.9 Å². The van der Waals surface area contributed by atoms with Gasteiger partial charge >= 0.3 is 0 Å². The molecular formula is C17H25ClN2O3S. The number of hydrogen-bond acceptors (Lipinski definition) is 3. The van der Waals surface area contributed by atoms with Gasteiger partial charge in [-0.3, -0.25) is 9.10 Å². The monoisotopic (exact) mass is 372 g/mol. The van der Waals surface area contributed by atoms with Gasteiger partial charge in [0, 0.05) is 31.1 Å². The molecule has 1 amide bonds. The molecule has 0 unspecified atom stereocenters. The van der Waals surface area contributed by atoms with E-state index in [-0.39, 0.29) is 12.5 Å². The van der Waals surface area contributed by atoms with E-state index < -0.39 is 10.0 Å². The van der Waals surface area contributed by atoms with Crippen molar-refractivity contribution in [3.05, 3.63) is 29.3 Å². The molecule has 0 bridgehead atoms. The average Bonchev–Trinajstić information content (AvgIpc) is 2.52. The second kappa shape index (κ2) is 8.21. The van der Waals surface area contributed by atoms with Crippen LogP contribution >= 0.6 is 11.6 Å². The molecule has 7 heteroatoms. The van der Waals surface area contributed by atoms with Crippen molar-refractivity contribution in [2.75, 3.05) is 30.2 Å². The third-order valence-corrected chi connectivity index (χ3v) is 5.85. The van der Waals surface area contributed by atoms with E-state index in [1.807, 2.05) is 4.90 Å². The van der Waals surface area contributed by atoms with Crippen LogP contribution in [0.25, 0.3) is 0 Å². The molecule has 1 saturated heterocycles. The zero-order valence-electron chi connectivity index (χ0n) is 14.2. The Morgan fingerprint density at radius 1 is 1.25 bits per heavy atom. The highest BCUT2D eigenvalue weighted by atomic mass is 35.5. The fourth-order valence-electron chi connectivity index (χ4n) is 2.88. The minimum atomic E-state index is -3.40. The summed E-state index contributed by atoms with van der Waals surface area (Å²) in [7, 11) is -3.40. The number of benzene rings is 1. The van der Waals surface area contributed by atoms with Gasteiger partial charge in [-0.2, -0.15) is 0 Å². The summed E-state index contributed by atoms with van der Waals surface area (Å²) >= 11 is 5.85. The van der Waals surface area contributed by atoms with Gasteiger partial charge < -0.3 is 4.90 Å². The van der Waals surface area contributed by atoms with Crippen molar-refractivity contribution in [3.63, 3.8) is 0 Å². The number of halogens is 1. The molecule has 0 N–H and O–H groups in total. The van der Waals surface area contributed by atoms with E-state index in [4.69, 9.17) is 11.6 Å². The molecule has 0 saturated carbocycles. The van der Waals surface area contributed by atoms with E-state index in [1.54, 1.807) is 24.3 Å². The number of amides is 1. The molecular weight excluding hydrogens is 348 g/mol. The van der Waals surface area contributed by atoms with Crippen LogP contribution in [0.4, 0.5) is 5.69 Å². The van der Waals surface area contributed by atoms with Crippen LogP contribution in [-0.2, 0) is 14.8 Å². The first kappa shape index (κ1) is 19.1. The van der Waals surface area contributed by atoms with Crippen molar-refractivity contribution in [3.8, 4) is 0 Å². The van der Waals surface area contributed by atoms with Crippen LogP contribution < -0.4 is 4.31 Å². The highest BCUT2D eigenvalue weighted by Gasteiger charge is 2.21. The first-order valence-electron chi connectivity index (χ1n) is 8.28.